The van der Waals surface area contributed by atoms with Crippen molar-refractivity contribution in [2.24, 2.45) is 5.73 Å². The van der Waals surface area contributed by atoms with Crippen LogP contribution >= 0.6 is 15.9 Å². The second-order valence-electron chi connectivity index (χ2n) is 5.59. The molecule has 110 valence electrons. The molecule has 1 fully saturated rings. The number of hydrogen-bond acceptors (Lipinski definition) is 4. The highest BCUT2D eigenvalue weighted by molar-refractivity contribution is 9.10. The van der Waals surface area contributed by atoms with E-state index in [1.54, 1.807) is 0 Å². The molecule has 1 saturated carbocycles. The van der Waals surface area contributed by atoms with Gasteiger partial charge in [-0.3, -0.25) is 0 Å². The molecule has 20 heavy (non-hydrogen) atoms. The summed E-state index contributed by atoms with van der Waals surface area (Å²) in [5, 5.41) is 3.62. The number of nitrogens with two attached hydrogens (primary N) is 1. The molecule has 0 aromatic heterocycles. The summed E-state index contributed by atoms with van der Waals surface area (Å²) in [6.07, 6.45) is 4.60. The van der Waals surface area contributed by atoms with Gasteiger partial charge in [0.2, 0.25) is 0 Å². The largest absolute Gasteiger partial charge is 0.486 e. The Morgan fingerprint density at radius 2 is 1.90 bits per heavy atom. The maximum absolute atomic E-state index is 5.94. The zero-order valence-corrected chi connectivity index (χ0v) is 13.1. The Bertz CT molecular complexity index is 473. The summed E-state index contributed by atoms with van der Waals surface area (Å²) in [5.74, 6) is 1.66. The van der Waals surface area contributed by atoms with Crippen molar-refractivity contribution < 1.29 is 9.47 Å². The average Bonchev–Trinajstić information content (AvgIpc) is 2.47. The summed E-state index contributed by atoms with van der Waals surface area (Å²) >= 11 is 3.56. The molecule has 1 aliphatic carbocycles. The highest BCUT2D eigenvalue weighted by Crippen LogP contribution is 2.38. The van der Waals surface area contributed by atoms with Gasteiger partial charge in [-0.05, 0) is 59.3 Å². The monoisotopic (exact) mass is 340 g/mol. The van der Waals surface area contributed by atoms with Crippen molar-refractivity contribution >= 4 is 15.9 Å². The van der Waals surface area contributed by atoms with E-state index in [4.69, 9.17) is 15.2 Å². The molecule has 3 rings (SSSR count). The fraction of sp³-hybridized carbons (Fsp3) is 0.600. The Kier molecular flexibility index (Phi) is 4.48. The molecule has 1 aromatic rings. The molecule has 5 heteroatoms. The van der Waals surface area contributed by atoms with Gasteiger partial charge < -0.3 is 20.5 Å². The van der Waals surface area contributed by atoms with Gasteiger partial charge in [-0.25, -0.2) is 0 Å². The van der Waals surface area contributed by atoms with Gasteiger partial charge in [0.25, 0.3) is 0 Å². The fourth-order valence-electron chi connectivity index (χ4n) is 2.85. The van der Waals surface area contributed by atoms with Crippen molar-refractivity contribution in [3.05, 3.63) is 22.2 Å². The molecule has 0 atom stereocenters. The Morgan fingerprint density at radius 1 is 1.15 bits per heavy atom. The van der Waals surface area contributed by atoms with Gasteiger partial charge in [0.1, 0.15) is 13.2 Å². The van der Waals surface area contributed by atoms with Crippen LogP contribution in [0.5, 0.6) is 11.5 Å². The first-order valence-corrected chi connectivity index (χ1v) is 8.08. The van der Waals surface area contributed by atoms with Crippen molar-refractivity contribution in [2.75, 3.05) is 13.2 Å². The van der Waals surface area contributed by atoms with Crippen molar-refractivity contribution in [1.82, 2.24) is 5.32 Å². The van der Waals surface area contributed by atoms with Gasteiger partial charge in [-0.1, -0.05) is 0 Å². The Hall–Kier alpha value is -0.780. The lowest BCUT2D eigenvalue weighted by atomic mass is 9.92. The summed E-state index contributed by atoms with van der Waals surface area (Å²) < 4.78 is 12.2. The molecule has 1 aliphatic heterocycles. The zero-order valence-electron chi connectivity index (χ0n) is 11.5. The van der Waals surface area contributed by atoms with E-state index in [2.05, 4.69) is 33.4 Å². The minimum absolute atomic E-state index is 0.400. The summed E-state index contributed by atoms with van der Waals surface area (Å²) in [6, 6.07) is 5.16. The first-order chi connectivity index (χ1) is 9.72. The number of halogens is 1. The zero-order chi connectivity index (χ0) is 13.9. The summed E-state index contributed by atoms with van der Waals surface area (Å²) in [7, 11) is 0. The van der Waals surface area contributed by atoms with Crippen LogP contribution in [0.3, 0.4) is 0 Å². The molecule has 2 aliphatic rings. The molecule has 0 amide bonds. The number of fused-ring (bicyclic) bond motifs is 1. The standard InChI is InChI=1S/C15H21BrN2O2/c16-13-7-10(8-14-15(13)20-6-5-19-14)9-18-12-3-1-11(17)2-4-12/h7-8,11-12,18H,1-6,9,17H2. The third-order valence-electron chi connectivity index (χ3n) is 4.02. The van der Waals surface area contributed by atoms with Crippen LogP contribution in [-0.2, 0) is 6.54 Å². The SMILES string of the molecule is NC1CCC(NCc2cc(Br)c3c(c2)OCCO3)CC1. The predicted molar refractivity (Wildman–Crippen MR) is 82.2 cm³/mol. The minimum atomic E-state index is 0.400. The Balaban J connectivity index is 1.61. The van der Waals surface area contributed by atoms with Crippen LogP contribution in [0, 0.1) is 0 Å². The van der Waals surface area contributed by atoms with E-state index in [1.165, 1.54) is 18.4 Å². The van der Waals surface area contributed by atoms with Crippen molar-refractivity contribution in [1.29, 1.82) is 0 Å². The van der Waals surface area contributed by atoms with Crippen LogP contribution in [0.4, 0.5) is 0 Å². The van der Waals surface area contributed by atoms with E-state index in [9.17, 15) is 0 Å². The third kappa shape index (κ3) is 3.27. The van der Waals surface area contributed by atoms with Crippen LogP contribution in [-0.4, -0.2) is 25.3 Å². The normalized spacial score (nSPS) is 25.5. The van der Waals surface area contributed by atoms with E-state index in [0.717, 1.165) is 35.4 Å². The lowest BCUT2D eigenvalue weighted by Crippen LogP contribution is -2.37. The predicted octanol–water partition coefficient (Wildman–Crippen LogP) is 2.58. The van der Waals surface area contributed by atoms with Gasteiger partial charge in [0.05, 0.1) is 4.47 Å². The van der Waals surface area contributed by atoms with Crippen molar-refractivity contribution in [2.45, 2.75) is 44.3 Å². The topological polar surface area (TPSA) is 56.5 Å². The van der Waals surface area contributed by atoms with Crippen LogP contribution in [0.25, 0.3) is 0 Å². The molecular weight excluding hydrogens is 320 g/mol. The van der Waals surface area contributed by atoms with Crippen LogP contribution in [0.1, 0.15) is 31.2 Å². The molecule has 0 saturated heterocycles. The maximum Gasteiger partial charge on any atom is 0.175 e. The fourth-order valence-corrected chi connectivity index (χ4v) is 3.46. The number of hydrogen-bond donors (Lipinski definition) is 2. The van der Waals surface area contributed by atoms with E-state index >= 15 is 0 Å². The van der Waals surface area contributed by atoms with Crippen LogP contribution in [0.2, 0.25) is 0 Å². The smallest absolute Gasteiger partial charge is 0.175 e. The van der Waals surface area contributed by atoms with E-state index in [1.807, 2.05) is 0 Å². The lowest BCUT2D eigenvalue weighted by molar-refractivity contribution is 0.170. The van der Waals surface area contributed by atoms with E-state index < -0.39 is 0 Å². The Labute approximate surface area is 128 Å². The maximum atomic E-state index is 5.94. The first kappa shape index (κ1) is 14.2. The second kappa shape index (κ2) is 6.33. The van der Waals surface area contributed by atoms with Gasteiger partial charge in [0, 0.05) is 18.6 Å². The van der Waals surface area contributed by atoms with Gasteiger partial charge >= 0.3 is 0 Å². The molecule has 4 nitrogen and oxygen atoms in total. The van der Waals surface area contributed by atoms with Crippen LogP contribution in [0.15, 0.2) is 16.6 Å². The third-order valence-corrected chi connectivity index (χ3v) is 4.61. The second-order valence-corrected chi connectivity index (χ2v) is 6.45. The van der Waals surface area contributed by atoms with E-state index in [0.29, 0.717) is 25.3 Å². The van der Waals surface area contributed by atoms with Crippen molar-refractivity contribution in [3.63, 3.8) is 0 Å². The van der Waals surface area contributed by atoms with E-state index in [-0.39, 0.29) is 0 Å². The Morgan fingerprint density at radius 3 is 2.70 bits per heavy atom. The summed E-state index contributed by atoms with van der Waals surface area (Å²) in [4.78, 5) is 0. The molecule has 1 heterocycles. The lowest BCUT2D eigenvalue weighted by Gasteiger charge is -2.27. The first-order valence-electron chi connectivity index (χ1n) is 7.29. The average molecular weight is 341 g/mol. The minimum Gasteiger partial charge on any atom is -0.486 e. The number of rotatable bonds is 3. The summed E-state index contributed by atoms with van der Waals surface area (Å²) in [6.45, 7) is 2.09. The van der Waals surface area contributed by atoms with Crippen molar-refractivity contribution in [3.8, 4) is 11.5 Å². The molecule has 0 bridgehead atoms. The summed E-state index contributed by atoms with van der Waals surface area (Å²) in [5.41, 5.74) is 7.15. The number of ether oxygens (including phenoxy) is 2. The quantitative estimate of drug-likeness (QED) is 0.887. The molecule has 0 radical (unpaired) electrons. The molecule has 0 unspecified atom stereocenters. The van der Waals surface area contributed by atoms with Gasteiger partial charge in [-0.15, -0.1) is 0 Å². The molecular formula is C15H21BrN2O2. The molecule has 3 N–H and O–H groups in total. The number of benzene rings is 1. The molecule has 1 aromatic carbocycles. The number of nitrogens with one attached hydrogen (secondary N) is 1. The van der Waals surface area contributed by atoms with Crippen LogP contribution < -0.4 is 20.5 Å². The highest BCUT2D eigenvalue weighted by Gasteiger charge is 2.19. The highest BCUT2D eigenvalue weighted by atomic mass is 79.9. The molecule has 0 spiro atoms. The van der Waals surface area contributed by atoms with Gasteiger partial charge in [0.15, 0.2) is 11.5 Å². The van der Waals surface area contributed by atoms with Gasteiger partial charge in [-0.2, -0.15) is 0 Å².